The molecule has 0 radical (unpaired) electrons. The Bertz CT molecular complexity index is 745. The highest BCUT2D eigenvalue weighted by molar-refractivity contribution is 6.01. The van der Waals surface area contributed by atoms with Gasteiger partial charge in [-0.1, -0.05) is 30.3 Å². The van der Waals surface area contributed by atoms with Crippen LogP contribution in [-0.4, -0.2) is 25.6 Å². The molecule has 2 aromatic carbocycles. The highest BCUT2D eigenvalue weighted by atomic mass is 16.6. The van der Waals surface area contributed by atoms with Crippen LogP contribution in [0.15, 0.2) is 48.5 Å². The highest BCUT2D eigenvalue weighted by Crippen LogP contribution is 2.31. The molecule has 1 unspecified atom stereocenters. The second kappa shape index (κ2) is 6.39. The van der Waals surface area contributed by atoms with Crippen molar-refractivity contribution in [3.63, 3.8) is 0 Å². The van der Waals surface area contributed by atoms with E-state index in [2.05, 4.69) is 15.4 Å². The molecule has 2 aromatic rings. The number of carbonyl (C=O) groups is 2. The number of fused-ring (bicyclic) bond motifs is 1. The third-order valence-corrected chi connectivity index (χ3v) is 3.55. The lowest BCUT2D eigenvalue weighted by atomic mass is 10.1. The first-order valence-corrected chi connectivity index (χ1v) is 7.14. The number of anilines is 1. The van der Waals surface area contributed by atoms with E-state index in [-0.39, 0.29) is 12.5 Å². The number of carbonyl (C=O) groups excluding carboxylic acids is 2. The quantitative estimate of drug-likeness (QED) is 0.846. The van der Waals surface area contributed by atoms with E-state index in [1.807, 2.05) is 30.3 Å². The zero-order valence-electron chi connectivity index (χ0n) is 12.5. The monoisotopic (exact) mass is 312 g/mol. The first-order valence-electron chi connectivity index (χ1n) is 7.14. The number of hydrogen-bond acceptors (Lipinski definition) is 5. The second-order valence-corrected chi connectivity index (χ2v) is 5.00. The second-order valence-electron chi connectivity index (χ2n) is 5.00. The van der Waals surface area contributed by atoms with Gasteiger partial charge in [-0.25, -0.2) is 4.79 Å². The highest BCUT2D eigenvalue weighted by Gasteiger charge is 2.26. The number of nitrogens with one attached hydrogen (secondary N) is 2. The molecule has 1 heterocycles. The van der Waals surface area contributed by atoms with Crippen molar-refractivity contribution < 1.29 is 19.1 Å². The van der Waals surface area contributed by atoms with Crippen LogP contribution >= 0.6 is 0 Å². The minimum absolute atomic E-state index is 0.160. The Morgan fingerprint density at radius 1 is 1.09 bits per heavy atom. The molecule has 0 spiro atoms. The third-order valence-electron chi connectivity index (χ3n) is 3.55. The van der Waals surface area contributed by atoms with Gasteiger partial charge in [0, 0.05) is 11.3 Å². The van der Waals surface area contributed by atoms with Gasteiger partial charge in [-0.05, 0) is 18.2 Å². The molecule has 0 aliphatic carbocycles. The molecular formula is C17H16N2O4. The topological polar surface area (TPSA) is 76.7 Å². The van der Waals surface area contributed by atoms with E-state index in [9.17, 15) is 9.59 Å². The van der Waals surface area contributed by atoms with E-state index >= 15 is 0 Å². The molecule has 1 aliphatic heterocycles. The summed E-state index contributed by atoms with van der Waals surface area (Å²) in [5, 5.41) is 6.14. The fourth-order valence-electron chi connectivity index (χ4n) is 2.41. The maximum absolute atomic E-state index is 12.2. The summed E-state index contributed by atoms with van der Waals surface area (Å²) in [5.74, 6) is -0.118. The van der Waals surface area contributed by atoms with Gasteiger partial charge in [0.25, 0.3) is 5.91 Å². The summed E-state index contributed by atoms with van der Waals surface area (Å²) in [6.07, 6.45) is -0.439. The van der Waals surface area contributed by atoms with Crippen molar-refractivity contribution in [3.8, 4) is 5.75 Å². The SMILES string of the molecule is COC(=O)COc1ccccc1C1NC(=O)c2ccccc2N1. The van der Waals surface area contributed by atoms with Crippen molar-refractivity contribution in [1.29, 1.82) is 0 Å². The summed E-state index contributed by atoms with van der Waals surface area (Å²) in [5.41, 5.74) is 2.08. The number of rotatable bonds is 4. The lowest BCUT2D eigenvalue weighted by Gasteiger charge is -2.29. The number of amides is 1. The van der Waals surface area contributed by atoms with Crippen LogP contribution in [0.2, 0.25) is 0 Å². The van der Waals surface area contributed by atoms with E-state index in [1.54, 1.807) is 18.2 Å². The predicted octanol–water partition coefficient (Wildman–Crippen LogP) is 2.09. The van der Waals surface area contributed by atoms with Crippen LogP contribution in [-0.2, 0) is 9.53 Å². The maximum Gasteiger partial charge on any atom is 0.343 e. The van der Waals surface area contributed by atoms with E-state index < -0.39 is 12.1 Å². The van der Waals surface area contributed by atoms with Crippen molar-refractivity contribution >= 4 is 17.6 Å². The van der Waals surface area contributed by atoms with Crippen LogP contribution in [0, 0.1) is 0 Å². The normalized spacial score (nSPS) is 15.9. The summed E-state index contributed by atoms with van der Waals surface area (Å²) in [6, 6.07) is 14.5. The molecule has 6 heteroatoms. The van der Waals surface area contributed by atoms with Gasteiger partial charge in [-0.2, -0.15) is 0 Å². The standard InChI is InChI=1S/C17H16N2O4/c1-22-15(20)10-23-14-9-5-3-7-12(14)16-18-13-8-4-2-6-11(13)17(21)19-16/h2-9,16,18H,10H2,1H3,(H,19,21). The summed E-state index contributed by atoms with van der Waals surface area (Å²) >= 11 is 0. The molecule has 0 aromatic heterocycles. The largest absolute Gasteiger partial charge is 0.481 e. The molecule has 0 saturated carbocycles. The lowest BCUT2D eigenvalue weighted by Crippen LogP contribution is -2.38. The van der Waals surface area contributed by atoms with Gasteiger partial charge in [0.15, 0.2) is 6.61 Å². The lowest BCUT2D eigenvalue weighted by molar-refractivity contribution is -0.142. The van der Waals surface area contributed by atoms with Crippen molar-refractivity contribution in [3.05, 3.63) is 59.7 Å². The minimum Gasteiger partial charge on any atom is -0.481 e. The van der Waals surface area contributed by atoms with Crippen molar-refractivity contribution in [2.45, 2.75) is 6.17 Å². The smallest absolute Gasteiger partial charge is 0.343 e. The molecule has 0 fully saturated rings. The van der Waals surface area contributed by atoms with Crippen molar-refractivity contribution in [1.82, 2.24) is 5.32 Å². The Morgan fingerprint density at radius 3 is 2.65 bits per heavy atom. The molecule has 6 nitrogen and oxygen atoms in total. The number of methoxy groups -OCH3 is 1. The van der Waals surface area contributed by atoms with E-state index in [4.69, 9.17) is 4.74 Å². The Morgan fingerprint density at radius 2 is 1.83 bits per heavy atom. The zero-order chi connectivity index (χ0) is 16.2. The van der Waals surface area contributed by atoms with Crippen LogP contribution in [0.25, 0.3) is 0 Å². The average molecular weight is 312 g/mol. The maximum atomic E-state index is 12.2. The van der Waals surface area contributed by atoms with Gasteiger partial charge in [0.05, 0.1) is 12.7 Å². The number of hydrogen-bond donors (Lipinski definition) is 2. The molecule has 0 bridgehead atoms. The van der Waals surface area contributed by atoms with Gasteiger partial charge in [0.1, 0.15) is 11.9 Å². The average Bonchev–Trinajstić information content (AvgIpc) is 2.60. The number of para-hydroxylation sites is 2. The Balaban J connectivity index is 1.85. The molecule has 0 saturated heterocycles. The summed E-state index contributed by atoms with van der Waals surface area (Å²) < 4.78 is 10.1. The first-order chi connectivity index (χ1) is 11.2. The van der Waals surface area contributed by atoms with Gasteiger partial charge in [-0.3, -0.25) is 4.79 Å². The van der Waals surface area contributed by atoms with Crippen LogP contribution in [0.4, 0.5) is 5.69 Å². The molecule has 1 atom stereocenters. The molecule has 1 aliphatic rings. The molecule has 23 heavy (non-hydrogen) atoms. The number of ether oxygens (including phenoxy) is 2. The van der Waals surface area contributed by atoms with Gasteiger partial charge in [0.2, 0.25) is 0 Å². The van der Waals surface area contributed by atoms with Crippen molar-refractivity contribution in [2.75, 3.05) is 19.0 Å². The number of benzene rings is 2. The number of esters is 1. The van der Waals surface area contributed by atoms with Crippen LogP contribution in [0.1, 0.15) is 22.1 Å². The van der Waals surface area contributed by atoms with Gasteiger partial charge in [-0.15, -0.1) is 0 Å². The minimum atomic E-state index is -0.467. The molecule has 3 rings (SSSR count). The third kappa shape index (κ3) is 3.11. The Hall–Kier alpha value is -3.02. The van der Waals surface area contributed by atoms with Crippen LogP contribution in [0.3, 0.4) is 0 Å². The molecule has 118 valence electrons. The van der Waals surface area contributed by atoms with Gasteiger partial charge < -0.3 is 20.1 Å². The molecular weight excluding hydrogens is 296 g/mol. The Labute approximate surface area is 133 Å². The first kappa shape index (κ1) is 14.9. The molecule has 1 amide bonds. The summed E-state index contributed by atoms with van der Waals surface area (Å²) in [6.45, 7) is -0.190. The van der Waals surface area contributed by atoms with Crippen molar-refractivity contribution in [2.24, 2.45) is 0 Å². The fraction of sp³-hybridized carbons (Fsp3) is 0.176. The van der Waals surface area contributed by atoms with Crippen LogP contribution in [0.5, 0.6) is 5.75 Å². The van der Waals surface area contributed by atoms with E-state index in [0.717, 1.165) is 11.3 Å². The van der Waals surface area contributed by atoms with Crippen LogP contribution < -0.4 is 15.4 Å². The van der Waals surface area contributed by atoms with E-state index in [0.29, 0.717) is 11.3 Å². The molecule has 2 N–H and O–H groups in total. The Kier molecular flexibility index (Phi) is 4.14. The van der Waals surface area contributed by atoms with E-state index in [1.165, 1.54) is 7.11 Å². The van der Waals surface area contributed by atoms with Gasteiger partial charge >= 0.3 is 5.97 Å². The summed E-state index contributed by atoms with van der Waals surface area (Å²) in [4.78, 5) is 23.5. The fourth-order valence-corrected chi connectivity index (χ4v) is 2.41. The predicted molar refractivity (Wildman–Crippen MR) is 84.2 cm³/mol. The summed E-state index contributed by atoms with van der Waals surface area (Å²) in [7, 11) is 1.30. The zero-order valence-corrected chi connectivity index (χ0v) is 12.5.